The normalized spacial score (nSPS) is 38.1. The van der Waals surface area contributed by atoms with Gasteiger partial charge in [-0.3, -0.25) is 4.84 Å². The molecule has 1 aliphatic carbocycles. The molecule has 1 saturated carbocycles. The molecule has 1 aromatic rings. The van der Waals surface area contributed by atoms with Gasteiger partial charge in [0.2, 0.25) is 0 Å². The van der Waals surface area contributed by atoms with Gasteiger partial charge in [-0.25, -0.2) is 0 Å². The summed E-state index contributed by atoms with van der Waals surface area (Å²) in [5.74, 6) is 2.01. The van der Waals surface area contributed by atoms with Gasteiger partial charge < -0.3 is 0 Å². The topological polar surface area (TPSA) is 12.5 Å². The van der Waals surface area contributed by atoms with Crippen molar-refractivity contribution in [3.8, 4) is 0 Å². The van der Waals surface area contributed by atoms with Crippen LogP contribution in [0.2, 0.25) is 0 Å². The van der Waals surface area contributed by atoms with Gasteiger partial charge in [0.25, 0.3) is 0 Å². The van der Waals surface area contributed by atoms with Crippen LogP contribution in [-0.4, -0.2) is 23.8 Å². The second-order valence-corrected chi connectivity index (χ2v) is 6.89. The second-order valence-electron chi connectivity index (χ2n) is 6.89. The molecule has 4 atom stereocenters. The summed E-state index contributed by atoms with van der Waals surface area (Å²) in [6.45, 7) is 6.87. The highest BCUT2D eigenvalue weighted by atomic mass is 16.7. The van der Waals surface area contributed by atoms with Crippen LogP contribution in [0, 0.1) is 11.8 Å². The standard InChI is InChI=1S/C17H25NO/c1-12-10-14(13-8-6-5-7-9-13)11-15-16(12)18(4)19-17(15,2)3/h5-9,12,14-16H,10-11H2,1-4H3/t12-,14+,15+,16+/m0/s1. The van der Waals surface area contributed by atoms with Gasteiger partial charge in [0.15, 0.2) is 0 Å². The van der Waals surface area contributed by atoms with E-state index in [1.807, 2.05) is 0 Å². The zero-order valence-corrected chi connectivity index (χ0v) is 12.5. The molecule has 0 N–H and O–H groups in total. The van der Waals surface area contributed by atoms with Gasteiger partial charge in [0, 0.05) is 19.0 Å². The molecule has 2 aliphatic rings. The summed E-state index contributed by atoms with van der Waals surface area (Å²) in [5, 5.41) is 2.12. The minimum atomic E-state index is -0.0267. The van der Waals surface area contributed by atoms with Gasteiger partial charge in [0.05, 0.1) is 5.60 Å². The first-order valence-electron chi connectivity index (χ1n) is 7.46. The third-order valence-corrected chi connectivity index (χ3v) is 5.15. The molecule has 0 aromatic heterocycles. The fraction of sp³-hybridized carbons (Fsp3) is 0.647. The molecular formula is C17H25NO. The molecule has 1 aliphatic heterocycles. The van der Waals surface area contributed by atoms with Gasteiger partial charge in [-0.05, 0) is 44.1 Å². The third kappa shape index (κ3) is 2.21. The van der Waals surface area contributed by atoms with E-state index >= 15 is 0 Å². The molecule has 2 nitrogen and oxygen atoms in total. The summed E-state index contributed by atoms with van der Waals surface area (Å²) in [6, 6.07) is 11.6. The lowest BCUT2D eigenvalue weighted by molar-refractivity contribution is -0.182. The minimum Gasteiger partial charge on any atom is -0.293 e. The molecular weight excluding hydrogens is 234 g/mol. The van der Waals surface area contributed by atoms with Crippen molar-refractivity contribution in [3.63, 3.8) is 0 Å². The number of hydrogen-bond acceptors (Lipinski definition) is 2. The van der Waals surface area contributed by atoms with Crippen LogP contribution in [-0.2, 0) is 4.84 Å². The van der Waals surface area contributed by atoms with Gasteiger partial charge in [-0.2, -0.15) is 5.06 Å². The van der Waals surface area contributed by atoms with Crippen LogP contribution in [0.3, 0.4) is 0 Å². The zero-order valence-electron chi connectivity index (χ0n) is 12.5. The molecule has 0 radical (unpaired) electrons. The molecule has 104 valence electrons. The Labute approximate surface area is 116 Å². The van der Waals surface area contributed by atoms with E-state index in [9.17, 15) is 0 Å². The Bertz CT molecular complexity index is 442. The van der Waals surface area contributed by atoms with Crippen molar-refractivity contribution in [2.45, 2.75) is 51.2 Å². The summed E-state index contributed by atoms with van der Waals surface area (Å²) >= 11 is 0. The summed E-state index contributed by atoms with van der Waals surface area (Å²) in [5.41, 5.74) is 1.47. The number of fused-ring (bicyclic) bond motifs is 1. The molecule has 19 heavy (non-hydrogen) atoms. The fourth-order valence-electron chi connectivity index (χ4n) is 4.33. The van der Waals surface area contributed by atoms with Gasteiger partial charge >= 0.3 is 0 Å². The quantitative estimate of drug-likeness (QED) is 0.759. The highest BCUT2D eigenvalue weighted by molar-refractivity contribution is 5.21. The SMILES string of the molecule is C[C@H]1C[C@@H](c2ccccc2)C[C@@H]2[C@@H]1N(C)OC2(C)C. The zero-order chi connectivity index (χ0) is 13.6. The third-order valence-electron chi connectivity index (χ3n) is 5.15. The number of hydrogen-bond donors (Lipinski definition) is 0. The van der Waals surface area contributed by atoms with Gasteiger partial charge in [0.1, 0.15) is 0 Å². The average Bonchev–Trinajstić information content (AvgIpc) is 2.61. The number of hydroxylamine groups is 2. The smallest absolute Gasteiger partial charge is 0.0887 e. The first kappa shape index (κ1) is 13.1. The number of benzene rings is 1. The average molecular weight is 259 g/mol. The van der Waals surface area contributed by atoms with E-state index in [-0.39, 0.29) is 5.60 Å². The predicted octanol–water partition coefficient (Wildman–Crippen LogP) is 3.84. The highest BCUT2D eigenvalue weighted by Crippen LogP contribution is 2.50. The van der Waals surface area contributed by atoms with E-state index in [1.165, 1.54) is 18.4 Å². The molecule has 0 spiro atoms. The maximum atomic E-state index is 6.08. The van der Waals surface area contributed by atoms with Gasteiger partial charge in [-0.1, -0.05) is 37.3 Å². The van der Waals surface area contributed by atoms with E-state index in [4.69, 9.17) is 4.84 Å². The van der Waals surface area contributed by atoms with Crippen molar-refractivity contribution in [3.05, 3.63) is 35.9 Å². The number of nitrogens with zero attached hydrogens (tertiary/aromatic N) is 1. The van der Waals surface area contributed by atoms with Crippen LogP contribution in [0.15, 0.2) is 30.3 Å². The van der Waals surface area contributed by atoms with E-state index in [1.54, 1.807) is 0 Å². The fourth-order valence-corrected chi connectivity index (χ4v) is 4.33. The van der Waals surface area contributed by atoms with Crippen molar-refractivity contribution < 1.29 is 4.84 Å². The Morgan fingerprint density at radius 3 is 2.53 bits per heavy atom. The Hall–Kier alpha value is -0.860. The number of rotatable bonds is 1. The molecule has 1 saturated heterocycles. The minimum absolute atomic E-state index is 0.0267. The Morgan fingerprint density at radius 2 is 1.84 bits per heavy atom. The van der Waals surface area contributed by atoms with Crippen LogP contribution >= 0.6 is 0 Å². The van der Waals surface area contributed by atoms with E-state index in [0.717, 1.165) is 0 Å². The summed E-state index contributed by atoms with van der Waals surface area (Å²) < 4.78 is 0. The van der Waals surface area contributed by atoms with Crippen LogP contribution in [0.4, 0.5) is 0 Å². The summed E-state index contributed by atoms with van der Waals surface area (Å²) in [7, 11) is 2.10. The molecule has 0 unspecified atom stereocenters. The lowest BCUT2D eigenvalue weighted by Crippen LogP contribution is -2.42. The van der Waals surface area contributed by atoms with Crippen LogP contribution < -0.4 is 0 Å². The molecule has 1 aromatic carbocycles. The Kier molecular flexibility index (Phi) is 3.18. The lowest BCUT2D eigenvalue weighted by Gasteiger charge is -2.40. The van der Waals surface area contributed by atoms with Crippen molar-refractivity contribution >= 4 is 0 Å². The summed E-state index contributed by atoms with van der Waals surface area (Å²) in [6.07, 6.45) is 2.52. The molecule has 0 amide bonds. The maximum absolute atomic E-state index is 6.08. The second kappa shape index (κ2) is 4.60. The van der Waals surface area contributed by atoms with E-state index < -0.39 is 0 Å². The molecule has 2 heteroatoms. The Morgan fingerprint density at radius 1 is 1.16 bits per heavy atom. The van der Waals surface area contributed by atoms with Crippen molar-refractivity contribution in [1.82, 2.24) is 5.06 Å². The largest absolute Gasteiger partial charge is 0.293 e. The lowest BCUT2D eigenvalue weighted by atomic mass is 9.66. The van der Waals surface area contributed by atoms with Crippen molar-refractivity contribution in [1.29, 1.82) is 0 Å². The van der Waals surface area contributed by atoms with Crippen molar-refractivity contribution in [2.75, 3.05) is 7.05 Å². The molecule has 3 rings (SSSR count). The predicted molar refractivity (Wildman–Crippen MR) is 77.8 cm³/mol. The van der Waals surface area contributed by atoms with E-state index in [0.29, 0.717) is 23.8 Å². The molecule has 0 bridgehead atoms. The monoisotopic (exact) mass is 259 g/mol. The van der Waals surface area contributed by atoms with Crippen LogP contribution in [0.1, 0.15) is 45.1 Å². The molecule has 2 fully saturated rings. The maximum Gasteiger partial charge on any atom is 0.0887 e. The Balaban J connectivity index is 1.87. The van der Waals surface area contributed by atoms with Gasteiger partial charge in [-0.15, -0.1) is 0 Å². The summed E-state index contributed by atoms with van der Waals surface area (Å²) in [4.78, 5) is 6.08. The van der Waals surface area contributed by atoms with E-state index in [2.05, 4.69) is 63.2 Å². The molecule has 1 heterocycles. The highest BCUT2D eigenvalue weighted by Gasteiger charge is 2.52. The van der Waals surface area contributed by atoms with Crippen LogP contribution in [0.25, 0.3) is 0 Å². The first-order chi connectivity index (χ1) is 8.99. The first-order valence-corrected chi connectivity index (χ1v) is 7.46. The van der Waals surface area contributed by atoms with Crippen molar-refractivity contribution in [2.24, 2.45) is 11.8 Å². The van der Waals surface area contributed by atoms with Crippen LogP contribution in [0.5, 0.6) is 0 Å².